The van der Waals surface area contributed by atoms with Gasteiger partial charge in [-0.3, -0.25) is 19.2 Å². The summed E-state index contributed by atoms with van der Waals surface area (Å²) < 4.78 is 5.42. The lowest BCUT2D eigenvalue weighted by molar-refractivity contribution is -0.143. The minimum atomic E-state index is -0.978. The number of rotatable bonds is 6. The van der Waals surface area contributed by atoms with Gasteiger partial charge < -0.3 is 25.6 Å². The van der Waals surface area contributed by atoms with Gasteiger partial charge in [-0.05, 0) is 51.9 Å². The summed E-state index contributed by atoms with van der Waals surface area (Å²) >= 11 is 0. The maximum Gasteiger partial charge on any atom is 0.408 e. The van der Waals surface area contributed by atoms with E-state index in [2.05, 4.69) is 22.5 Å². The second kappa shape index (κ2) is 15.0. The van der Waals surface area contributed by atoms with E-state index in [-0.39, 0.29) is 24.3 Å². The lowest BCUT2D eigenvalue weighted by Gasteiger charge is -2.33. The standard InChI is InChI=1S/C29H48N4O6/c1-7-17-30-26(36)24(34)21-14-12-10-8-9-11-13-15-22(32-28(38)39-29(4,5)6)27(37)33-18-16-20(19(2)3)23(33)25(35)31-21/h7,19-23H,1,8-18H2,2-6H3,(H,30,36)(H,31,35)(H,32,38)/t20?,21-,22-,23-/m0/s1. The van der Waals surface area contributed by atoms with Crippen molar-refractivity contribution in [2.24, 2.45) is 11.8 Å². The molecule has 2 aliphatic heterocycles. The van der Waals surface area contributed by atoms with Gasteiger partial charge in [-0.1, -0.05) is 58.4 Å². The molecule has 4 amide bonds. The predicted molar refractivity (Wildman–Crippen MR) is 149 cm³/mol. The van der Waals surface area contributed by atoms with Crippen LogP contribution in [0, 0.1) is 11.8 Å². The molecule has 4 atom stereocenters. The van der Waals surface area contributed by atoms with Crippen LogP contribution in [-0.4, -0.2) is 71.3 Å². The Morgan fingerprint density at radius 3 is 2.26 bits per heavy atom. The quantitative estimate of drug-likeness (QED) is 0.345. The molecule has 0 aliphatic carbocycles. The fourth-order valence-electron chi connectivity index (χ4n) is 5.34. The minimum absolute atomic E-state index is 0.0999. The van der Waals surface area contributed by atoms with Crippen molar-refractivity contribution in [1.82, 2.24) is 20.9 Å². The summed E-state index contributed by atoms with van der Waals surface area (Å²) in [6, 6.07) is -2.61. The second-order valence-corrected chi connectivity index (χ2v) is 12.0. The first kappa shape index (κ1) is 32.3. The van der Waals surface area contributed by atoms with Crippen molar-refractivity contribution in [2.45, 2.75) is 116 Å². The van der Waals surface area contributed by atoms with Gasteiger partial charge in [0, 0.05) is 13.1 Å². The number of hydrogen-bond donors (Lipinski definition) is 3. The van der Waals surface area contributed by atoms with Gasteiger partial charge in [0.1, 0.15) is 17.7 Å². The summed E-state index contributed by atoms with van der Waals surface area (Å²) in [5, 5.41) is 8.08. The van der Waals surface area contributed by atoms with E-state index >= 15 is 0 Å². The molecule has 10 heteroatoms. The Kier molecular flexibility index (Phi) is 12.4. The van der Waals surface area contributed by atoms with Crippen LogP contribution in [0.2, 0.25) is 0 Å². The number of alkyl carbamates (subject to hydrolysis) is 1. The Bertz CT molecular complexity index is 897. The fraction of sp³-hybridized carbons (Fsp3) is 0.759. The van der Waals surface area contributed by atoms with Crippen LogP contribution in [0.25, 0.3) is 0 Å². The molecule has 1 unspecified atom stereocenters. The molecule has 0 bridgehead atoms. The van der Waals surface area contributed by atoms with Gasteiger partial charge in [-0.2, -0.15) is 0 Å². The highest BCUT2D eigenvalue weighted by Gasteiger charge is 2.45. The van der Waals surface area contributed by atoms with Crippen LogP contribution >= 0.6 is 0 Å². The molecule has 10 nitrogen and oxygen atoms in total. The van der Waals surface area contributed by atoms with Crippen LogP contribution in [-0.2, 0) is 23.9 Å². The van der Waals surface area contributed by atoms with Gasteiger partial charge in [-0.25, -0.2) is 4.79 Å². The van der Waals surface area contributed by atoms with Crippen molar-refractivity contribution >= 4 is 29.6 Å². The highest BCUT2D eigenvalue weighted by molar-refractivity contribution is 6.38. The first-order chi connectivity index (χ1) is 18.4. The average Bonchev–Trinajstić information content (AvgIpc) is 3.30. The molecule has 2 fully saturated rings. The van der Waals surface area contributed by atoms with Crippen molar-refractivity contribution in [3.05, 3.63) is 12.7 Å². The molecule has 2 aliphatic rings. The lowest BCUT2D eigenvalue weighted by atomic mass is 9.87. The minimum Gasteiger partial charge on any atom is -0.444 e. The number of ketones is 1. The summed E-state index contributed by atoms with van der Waals surface area (Å²) in [6.07, 6.45) is 7.29. The average molecular weight is 549 g/mol. The van der Waals surface area contributed by atoms with E-state index in [0.717, 1.165) is 32.1 Å². The Morgan fingerprint density at radius 2 is 1.67 bits per heavy atom. The number of ether oxygens (including phenoxy) is 1. The third-order valence-corrected chi connectivity index (χ3v) is 7.34. The van der Waals surface area contributed by atoms with Crippen LogP contribution in [0.3, 0.4) is 0 Å². The molecular formula is C29H48N4O6. The second-order valence-electron chi connectivity index (χ2n) is 12.0. The summed E-state index contributed by atoms with van der Waals surface area (Å²) in [7, 11) is 0. The maximum atomic E-state index is 13.9. The Balaban J connectivity index is 2.36. The van der Waals surface area contributed by atoms with E-state index in [1.54, 1.807) is 25.7 Å². The molecular weight excluding hydrogens is 500 g/mol. The number of hydrogen-bond acceptors (Lipinski definition) is 6. The third kappa shape index (κ3) is 9.97. The molecule has 39 heavy (non-hydrogen) atoms. The van der Waals surface area contributed by atoms with Gasteiger partial charge in [-0.15, -0.1) is 6.58 Å². The van der Waals surface area contributed by atoms with Crippen LogP contribution in [0.1, 0.15) is 92.4 Å². The number of nitrogens with one attached hydrogen (secondary N) is 3. The molecule has 0 saturated carbocycles. The molecule has 2 saturated heterocycles. The monoisotopic (exact) mass is 548 g/mol. The van der Waals surface area contributed by atoms with Crippen LogP contribution in [0.4, 0.5) is 4.79 Å². The van der Waals surface area contributed by atoms with Gasteiger partial charge in [0.2, 0.25) is 17.6 Å². The van der Waals surface area contributed by atoms with Gasteiger partial charge in [0.15, 0.2) is 0 Å². The SMILES string of the molecule is C=CCNC(=O)C(=O)[C@@H]1CCCCCCCC[C@H](NC(=O)OC(C)(C)C)C(=O)N2CCC(C(C)C)[C@H]2C(=O)N1. The zero-order valence-electron chi connectivity index (χ0n) is 24.3. The summed E-state index contributed by atoms with van der Waals surface area (Å²) in [5.41, 5.74) is -0.717. The topological polar surface area (TPSA) is 134 Å². The van der Waals surface area contributed by atoms with Crippen molar-refractivity contribution in [2.75, 3.05) is 13.1 Å². The third-order valence-electron chi connectivity index (χ3n) is 7.34. The van der Waals surface area contributed by atoms with E-state index in [9.17, 15) is 24.0 Å². The van der Waals surface area contributed by atoms with Crippen LogP contribution < -0.4 is 16.0 Å². The van der Waals surface area contributed by atoms with Gasteiger partial charge in [0.05, 0.1) is 6.04 Å². The van der Waals surface area contributed by atoms with E-state index in [1.807, 2.05) is 13.8 Å². The number of carbonyl (C=O) groups excluding carboxylic acids is 5. The van der Waals surface area contributed by atoms with Crippen molar-refractivity contribution in [3.63, 3.8) is 0 Å². The fourth-order valence-corrected chi connectivity index (χ4v) is 5.34. The Morgan fingerprint density at radius 1 is 1.05 bits per heavy atom. The molecule has 0 spiro atoms. The van der Waals surface area contributed by atoms with E-state index in [1.165, 1.54) is 6.08 Å². The molecule has 0 radical (unpaired) electrons. The summed E-state index contributed by atoms with van der Waals surface area (Å²) in [4.78, 5) is 67.2. The molecule has 2 rings (SSSR count). The number of Topliss-reactive ketones (excluding diaryl/α,β-unsaturated/α-hetero) is 1. The smallest absolute Gasteiger partial charge is 0.408 e. The number of amides is 4. The zero-order valence-corrected chi connectivity index (χ0v) is 24.3. The first-order valence-electron chi connectivity index (χ1n) is 14.4. The van der Waals surface area contributed by atoms with Crippen LogP contribution in [0.15, 0.2) is 12.7 Å². The first-order valence-corrected chi connectivity index (χ1v) is 14.4. The van der Waals surface area contributed by atoms with E-state index < -0.39 is 47.4 Å². The van der Waals surface area contributed by atoms with Gasteiger partial charge in [0.25, 0.3) is 5.91 Å². The molecule has 0 aromatic heterocycles. The molecule has 0 aromatic rings. The van der Waals surface area contributed by atoms with Crippen molar-refractivity contribution in [1.29, 1.82) is 0 Å². The maximum absolute atomic E-state index is 13.9. The van der Waals surface area contributed by atoms with E-state index in [4.69, 9.17) is 4.74 Å². The molecule has 3 N–H and O–H groups in total. The van der Waals surface area contributed by atoms with Crippen LogP contribution in [0.5, 0.6) is 0 Å². The molecule has 0 aromatic carbocycles. The Labute approximate surface area is 233 Å². The summed E-state index contributed by atoms with van der Waals surface area (Å²) in [5.74, 6) is -2.26. The highest BCUT2D eigenvalue weighted by atomic mass is 16.6. The van der Waals surface area contributed by atoms with Crippen molar-refractivity contribution < 1.29 is 28.7 Å². The highest BCUT2D eigenvalue weighted by Crippen LogP contribution is 2.32. The summed E-state index contributed by atoms with van der Waals surface area (Å²) in [6.45, 7) is 13.3. The largest absolute Gasteiger partial charge is 0.444 e. The lowest BCUT2D eigenvalue weighted by Crippen LogP contribution is -2.58. The zero-order chi connectivity index (χ0) is 29.2. The van der Waals surface area contributed by atoms with E-state index in [0.29, 0.717) is 32.2 Å². The number of carbonyl (C=O) groups is 5. The number of fused-ring (bicyclic) bond motifs is 1. The Hall–Kier alpha value is -2.91. The molecule has 220 valence electrons. The van der Waals surface area contributed by atoms with Gasteiger partial charge >= 0.3 is 6.09 Å². The molecule has 2 heterocycles. The normalized spacial score (nSPS) is 25.5. The van der Waals surface area contributed by atoms with Crippen molar-refractivity contribution in [3.8, 4) is 0 Å². The predicted octanol–water partition coefficient (Wildman–Crippen LogP) is 3.24. The number of nitrogens with zero attached hydrogens (tertiary/aromatic N) is 1.